The van der Waals surface area contributed by atoms with Gasteiger partial charge < -0.3 is 19.5 Å². The normalized spacial score (nSPS) is 17.2. The molecule has 0 bridgehead atoms. The number of furan rings is 2. The molecule has 2 N–H and O–H groups in total. The highest BCUT2D eigenvalue weighted by atomic mass is 16.3. The Hall–Kier alpha value is -6.59. The van der Waals surface area contributed by atoms with E-state index in [1.165, 1.54) is 0 Å². The first-order valence-electron chi connectivity index (χ1n) is 16.9. The van der Waals surface area contributed by atoms with Crippen LogP contribution in [0.2, 0.25) is 0 Å². The van der Waals surface area contributed by atoms with Crippen molar-refractivity contribution >= 4 is 55.1 Å². The molecule has 3 aromatic heterocycles. The Balaban J connectivity index is 1.22. The van der Waals surface area contributed by atoms with Gasteiger partial charge in [-0.3, -0.25) is 4.98 Å². The van der Waals surface area contributed by atoms with E-state index in [4.69, 9.17) is 13.8 Å². The maximum Gasteiger partial charge on any atom is 0.143 e. The maximum atomic E-state index is 6.56. The van der Waals surface area contributed by atoms with Gasteiger partial charge in [0.25, 0.3) is 0 Å². The lowest BCUT2D eigenvalue weighted by Crippen LogP contribution is -2.45. The van der Waals surface area contributed by atoms with E-state index in [1.807, 2.05) is 54.9 Å². The first-order chi connectivity index (χ1) is 24.8. The van der Waals surface area contributed by atoms with Crippen LogP contribution in [0.1, 0.15) is 11.3 Å². The van der Waals surface area contributed by atoms with Gasteiger partial charge in [0.2, 0.25) is 0 Å². The van der Waals surface area contributed by atoms with Gasteiger partial charge in [0, 0.05) is 38.9 Å². The molecule has 0 fully saturated rings. The Kier molecular flexibility index (Phi) is 6.56. The van der Waals surface area contributed by atoms with Crippen LogP contribution in [0, 0.1) is 0 Å². The molecule has 10 rings (SSSR count). The number of allylic oxidation sites excluding steroid dienone is 4. The number of benzene rings is 5. The van der Waals surface area contributed by atoms with Crippen molar-refractivity contribution in [3.8, 4) is 22.3 Å². The lowest BCUT2D eigenvalue weighted by atomic mass is 9.89. The number of hydrogen-bond acceptors (Lipinski definition) is 5. The monoisotopic (exact) mass is 645 g/mol. The predicted molar refractivity (Wildman–Crippen MR) is 204 cm³/mol. The van der Waals surface area contributed by atoms with Gasteiger partial charge >= 0.3 is 0 Å². The molecule has 0 radical (unpaired) electrons. The average molecular weight is 646 g/mol. The molecule has 2 unspecified atom stereocenters. The van der Waals surface area contributed by atoms with Gasteiger partial charge in [-0.1, -0.05) is 97.1 Å². The number of hydrogen-bond donors (Lipinski definition) is 2. The van der Waals surface area contributed by atoms with Crippen LogP contribution in [-0.2, 0) is 0 Å². The van der Waals surface area contributed by atoms with Crippen LogP contribution in [-0.4, -0.2) is 17.1 Å². The van der Waals surface area contributed by atoms with Crippen LogP contribution in [0.25, 0.3) is 77.4 Å². The van der Waals surface area contributed by atoms with Crippen molar-refractivity contribution in [1.82, 2.24) is 15.6 Å². The first-order valence-corrected chi connectivity index (χ1v) is 16.9. The van der Waals surface area contributed by atoms with E-state index in [0.29, 0.717) is 0 Å². The van der Waals surface area contributed by atoms with Crippen LogP contribution in [0.15, 0.2) is 173 Å². The Bertz CT molecular complexity index is 2590. The third-order valence-electron chi connectivity index (χ3n) is 9.82. The molecule has 238 valence electrons. The summed E-state index contributed by atoms with van der Waals surface area (Å²) in [5, 5.41) is 11.7. The summed E-state index contributed by atoms with van der Waals surface area (Å²) >= 11 is 0. The van der Waals surface area contributed by atoms with Crippen LogP contribution in [0.3, 0.4) is 0 Å². The van der Waals surface area contributed by atoms with Gasteiger partial charge in [0.05, 0.1) is 23.5 Å². The summed E-state index contributed by atoms with van der Waals surface area (Å²) in [7, 11) is 0. The van der Waals surface area contributed by atoms with Gasteiger partial charge in [-0.05, 0) is 83.1 Å². The minimum absolute atomic E-state index is 0.0158. The molecule has 5 heterocycles. The highest BCUT2D eigenvalue weighted by Gasteiger charge is 2.25. The minimum Gasteiger partial charge on any atom is -0.455 e. The number of nitrogens with zero attached hydrogens (tertiary/aromatic N) is 1. The number of nitrogens with one attached hydrogen (secondary N) is 2. The molecule has 8 aromatic rings. The summed E-state index contributed by atoms with van der Waals surface area (Å²) in [5.41, 5.74) is 11.8. The molecule has 0 saturated heterocycles. The summed E-state index contributed by atoms with van der Waals surface area (Å²) < 4.78 is 13.1. The van der Waals surface area contributed by atoms with Crippen LogP contribution in [0.5, 0.6) is 0 Å². The van der Waals surface area contributed by atoms with E-state index in [2.05, 4.69) is 120 Å². The van der Waals surface area contributed by atoms with E-state index in [1.54, 1.807) is 0 Å². The summed E-state index contributed by atoms with van der Waals surface area (Å²) in [6.07, 6.45) is 14.7. The first kappa shape index (κ1) is 28.4. The molecule has 5 nitrogen and oxygen atoms in total. The average Bonchev–Trinajstić information content (AvgIpc) is 3.77. The zero-order valence-electron chi connectivity index (χ0n) is 27.0. The molecule has 0 amide bonds. The van der Waals surface area contributed by atoms with E-state index >= 15 is 0 Å². The molecule has 2 aliphatic rings. The van der Waals surface area contributed by atoms with Crippen molar-refractivity contribution in [2.45, 2.75) is 12.1 Å². The predicted octanol–water partition coefficient (Wildman–Crippen LogP) is 10.7. The van der Waals surface area contributed by atoms with Crippen molar-refractivity contribution in [1.29, 1.82) is 0 Å². The zero-order chi connectivity index (χ0) is 33.0. The molecule has 50 heavy (non-hydrogen) atoms. The fourth-order valence-electron chi connectivity index (χ4n) is 7.44. The molecular formula is C45H31N3O2. The summed E-state index contributed by atoms with van der Waals surface area (Å²) in [4.78, 5) is 4.71. The molecule has 0 spiro atoms. The zero-order valence-corrected chi connectivity index (χ0v) is 27.0. The van der Waals surface area contributed by atoms with Gasteiger partial charge in [-0.15, -0.1) is 0 Å². The van der Waals surface area contributed by atoms with Crippen molar-refractivity contribution in [3.05, 3.63) is 175 Å². The van der Waals surface area contributed by atoms with E-state index < -0.39 is 0 Å². The molecular weight excluding hydrogens is 615 g/mol. The van der Waals surface area contributed by atoms with E-state index in [9.17, 15) is 0 Å². The van der Waals surface area contributed by atoms with Gasteiger partial charge in [0.15, 0.2) is 0 Å². The van der Waals surface area contributed by atoms with Gasteiger partial charge in [-0.2, -0.15) is 0 Å². The number of dihydropyridines is 2. The smallest absolute Gasteiger partial charge is 0.143 e. The maximum absolute atomic E-state index is 6.56. The third kappa shape index (κ3) is 4.74. The quantitative estimate of drug-likeness (QED) is 0.195. The van der Waals surface area contributed by atoms with Crippen molar-refractivity contribution in [3.63, 3.8) is 0 Å². The minimum atomic E-state index is -0.0158. The van der Waals surface area contributed by atoms with Crippen molar-refractivity contribution < 1.29 is 8.83 Å². The summed E-state index contributed by atoms with van der Waals surface area (Å²) in [6, 6.07) is 42.3. The topological polar surface area (TPSA) is 63.2 Å². The van der Waals surface area contributed by atoms with E-state index in [-0.39, 0.29) is 12.1 Å². The largest absolute Gasteiger partial charge is 0.455 e. The Labute approximate surface area is 288 Å². The second-order valence-corrected chi connectivity index (χ2v) is 12.9. The standard InChI is InChI=1S/C45H31N3O2/c1-3-19-42-34(11-1)36-15-9-13-32(44(36)49-42)30-23-28(24-31(25-30)33-14-10-16-37-35-12-2-4-20-43(35)50-45(33)37)29-26-40(38-17-5-7-21-46-38)48-41(27-29)39-18-6-8-22-47-39/h1-27,38,40,46,48H. The highest BCUT2D eigenvalue weighted by Crippen LogP contribution is 2.42. The number of para-hydroxylation sites is 4. The van der Waals surface area contributed by atoms with Crippen LogP contribution in [0.4, 0.5) is 0 Å². The van der Waals surface area contributed by atoms with Crippen LogP contribution < -0.4 is 10.6 Å². The van der Waals surface area contributed by atoms with Gasteiger partial charge in [-0.25, -0.2) is 0 Å². The molecule has 2 atom stereocenters. The Morgan fingerprint density at radius 1 is 0.560 bits per heavy atom. The third-order valence-corrected chi connectivity index (χ3v) is 9.82. The van der Waals surface area contributed by atoms with Crippen molar-refractivity contribution in [2.24, 2.45) is 0 Å². The molecule has 0 saturated carbocycles. The Morgan fingerprint density at radius 2 is 1.18 bits per heavy atom. The number of pyridine rings is 1. The summed E-state index contributed by atoms with van der Waals surface area (Å²) in [5.74, 6) is 0. The second-order valence-electron chi connectivity index (χ2n) is 12.9. The highest BCUT2D eigenvalue weighted by molar-refractivity contribution is 6.11. The molecule has 5 heteroatoms. The van der Waals surface area contributed by atoms with Crippen molar-refractivity contribution in [2.75, 3.05) is 0 Å². The van der Waals surface area contributed by atoms with Gasteiger partial charge in [0.1, 0.15) is 22.3 Å². The number of aromatic nitrogens is 1. The molecule has 5 aromatic carbocycles. The summed E-state index contributed by atoms with van der Waals surface area (Å²) in [6.45, 7) is 0. The number of fused-ring (bicyclic) bond motifs is 6. The van der Waals surface area contributed by atoms with Crippen LogP contribution >= 0.6 is 0 Å². The fourth-order valence-corrected chi connectivity index (χ4v) is 7.44. The molecule has 0 aliphatic carbocycles. The number of rotatable bonds is 5. The SMILES string of the molecule is C1=CNC(C2C=C(c3cc(-c4cccc5c4oc4ccccc45)cc(-c4cccc5c4oc4ccccc45)c3)C=C(c3ccccn3)N2)C=C1. The molecule has 2 aliphatic heterocycles. The fraction of sp³-hybridized carbons (Fsp3) is 0.0444. The lowest BCUT2D eigenvalue weighted by molar-refractivity contribution is 0.567. The van der Waals surface area contributed by atoms with E-state index in [0.717, 1.165) is 88.7 Å². The second kappa shape index (κ2) is 11.5. The Morgan fingerprint density at radius 3 is 1.80 bits per heavy atom. The lowest BCUT2D eigenvalue weighted by Gasteiger charge is -2.31.